The van der Waals surface area contributed by atoms with Gasteiger partial charge in [0, 0.05) is 31.7 Å². The minimum absolute atomic E-state index is 0.191. The minimum atomic E-state index is -0.401. The maximum absolute atomic E-state index is 11.8. The second-order valence-corrected chi connectivity index (χ2v) is 6.77. The van der Waals surface area contributed by atoms with Gasteiger partial charge in [0.15, 0.2) is 0 Å². The van der Waals surface area contributed by atoms with Gasteiger partial charge in [-0.3, -0.25) is 0 Å². The van der Waals surface area contributed by atoms with Crippen molar-refractivity contribution in [3.63, 3.8) is 0 Å². The van der Waals surface area contributed by atoms with Crippen molar-refractivity contribution in [2.75, 3.05) is 33.2 Å². The Bertz CT molecular complexity index is 321. The number of amides is 1. The van der Waals surface area contributed by atoms with Gasteiger partial charge in [0.1, 0.15) is 5.60 Å². The van der Waals surface area contributed by atoms with Crippen molar-refractivity contribution in [3.8, 4) is 0 Å². The molecule has 0 spiro atoms. The SMILES string of the molecule is CN1CCCC1CNC1CN(C(=O)OC(C)(C)C)C1. The van der Waals surface area contributed by atoms with E-state index in [4.69, 9.17) is 4.74 Å². The quantitative estimate of drug-likeness (QED) is 0.838. The number of carbonyl (C=O) groups is 1. The summed E-state index contributed by atoms with van der Waals surface area (Å²) in [7, 11) is 2.19. The normalized spacial score (nSPS) is 25.5. The number of nitrogens with zero attached hydrogens (tertiary/aromatic N) is 2. The number of rotatable bonds is 3. The first-order chi connectivity index (χ1) is 8.85. The van der Waals surface area contributed by atoms with E-state index in [0.29, 0.717) is 12.1 Å². The maximum atomic E-state index is 11.8. The molecule has 1 unspecified atom stereocenters. The van der Waals surface area contributed by atoms with Crippen LogP contribution in [0.2, 0.25) is 0 Å². The lowest BCUT2D eigenvalue weighted by Crippen LogP contribution is -2.61. The van der Waals surface area contributed by atoms with Crippen molar-refractivity contribution in [1.29, 1.82) is 0 Å². The first-order valence-corrected chi connectivity index (χ1v) is 7.27. The Labute approximate surface area is 116 Å². The van der Waals surface area contributed by atoms with E-state index in [9.17, 15) is 4.79 Å². The summed E-state index contributed by atoms with van der Waals surface area (Å²) in [6, 6.07) is 1.09. The molecule has 5 nitrogen and oxygen atoms in total. The van der Waals surface area contributed by atoms with Gasteiger partial charge in [-0.1, -0.05) is 0 Å². The molecule has 2 aliphatic heterocycles. The maximum Gasteiger partial charge on any atom is 0.410 e. The van der Waals surface area contributed by atoms with Crippen LogP contribution in [0.4, 0.5) is 4.79 Å². The predicted octanol–water partition coefficient (Wildman–Crippen LogP) is 1.29. The Hall–Kier alpha value is -0.810. The average Bonchev–Trinajstić information content (AvgIpc) is 2.59. The summed E-state index contributed by atoms with van der Waals surface area (Å²) < 4.78 is 5.34. The van der Waals surface area contributed by atoms with Crippen molar-refractivity contribution >= 4 is 6.09 Å². The Morgan fingerprint density at radius 2 is 2.05 bits per heavy atom. The van der Waals surface area contributed by atoms with Crippen molar-refractivity contribution in [3.05, 3.63) is 0 Å². The second kappa shape index (κ2) is 5.67. The number of hydrogen-bond donors (Lipinski definition) is 1. The van der Waals surface area contributed by atoms with E-state index in [1.807, 2.05) is 20.8 Å². The first kappa shape index (κ1) is 14.6. The summed E-state index contributed by atoms with van der Waals surface area (Å²) >= 11 is 0. The van der Waals surface area contributed by atoms with Crippen LogP contribution in [0.25, 0.3) is 0 Å². The van der Waals surface area contributed by atoms with Crippen LogP contribution in [-0.2, 0) is 4.74 Å². The number of likely N-dealkylation sites (tertiary alicyclic amines) is 2. The predicted molar refractivity (Wildman–Crippen MR) is 75.2 cm³/mol. The second-order valence-electron chi connectivity index (χ2n) is 6.77. The van der Waals surface area contributed by atoms with E-state index < -0.39 is 5.60 Å². The number of hydrogen-bond acceptors (Lipinski definition) is 4. The molecule has 0 bridgehead atoms. The van der Waals surface area contributed by atoms with Crippen LogP contribution >= 0.6 is 0 Å². The smallest absolute Gasteiger partial charge is 0.410 e. The number of carbonyl (C=O) groups excluding carboxylic acids is 1. The molecule has 0 saturated carbocycles. The highest BCUT2D eigenvalue weighted by molar-refractivity contribution is 5.69. The lowest BCUT2D eigenvalue weighted by molar-refractivity contribution is 0.00492. The molecule has 2 rings (SSSR count). The Kier molecular flexibility index (Phi) is 4.36. The van der Waals surface area contributed by atoms with Gasteiger partial charge in [0.05, 0.1) is 0 Å². The highest BCUT2D eigenvalue weighted by Gasteiger charge is 2.34. The van der Waals surface area contributed by atoms with Crippen molar-refractivity contribution in [2.45, 2.75) is 51.3 Å². The fourth-order valence-electron chi connectivity index (χ4n) is 2.62. The zero-order valence-electron chi connectivity index (χ0n) is 12.6. The van der Waals surface area contributed by atoms with Gasteiger partial charge in [-0.15, -0.1) is 0 Å². The Morgan fingerprint density at radius 3 is 2.58 bits per heavy atom. The summed E-state index contributed by atoms with van der Waals surface area (Å²) in [6.45, 7) is 9.48. The van der Waals surface area contributed by atoms with Crippen LogP contribution in [0.3, 0.4) is 0 Å². The molecule has 0 aliphatic carbocycles. The zero-order valence-corrected chi connectivity index (χ0v) is 12.6. The molecule has 0 aromatic rings. The standard InChI is InChI=1S/C14H27N3O2/c1-14(2,3)19-13(18)17-9-11(10-17)15-8-12-6-5-7-16(12)4/h11-12,15H,5-10H2,1-4H3. The lowest BCUT2D eigenvalue weighted by atomic mass is 10.1. The van der Waals surface area contributed by atoms with Crippen LogP contribution in [0.15, 0.2) is 0 Å². The summed E-state index contributed by atoms with van der Waals surface area (Å²) in [4.78, 5) is 15.9. The Morgan fingerprint density at radius 1 is 1.37 bits per heavy atom. The van der Waals surface area contributed by atoms with E-state index in [1.165, 1.54) is 19.4 Å². The van der Waals surface area contributed by atoms with E-state index in [0.717, 1.165) is 19.6 Å². The van der Waals surface area contributed by atoms with E-state index in [-0.39, 0.29) is 6.09 Å². The number of ether oxygens (including phenoxy) is 1. The third-order valence-corrected chi connectivity index (χ3v) is 3.85. The third kappa shape index (κ3) is 4.08. The van der Waals surface area contributed by atoms with Gasteiger partial charge in [0.2, 0.25) is 0 Å². The van der Waals surface area contributed by atoms with Crippen molar-refractivity contribution < 1.29 is 9.53 Å². The molecule has 1 amide bonds. The summed E-state index contributed by atoms with van der Waals surface area (Å²) in [6.07, 6.45) is 2.40. The van der Waals surface area contributed by atoms with Gasteiger partial charge in [-0.05, 0) is 47.2 Å². The molecule has 5 heteroatoms. The molecular weight excluding hydrogens is 242 g/mol. The van der Waals surface area contributed by atoms with E-state index >= 15 is 0 Å². The molecule has 2 saturated heterocycles. The summed E-state index contributed by atoms with van der Waals surface area (Å²) in [5, 5.41) is 3.55. The topological polar surface area (TPSA) is 44.8 Å². The van der Waals surface area contributed by atoms with E-state index in [2.05, 4.69) is 17.3 Å². The molecule has 0 aromatic carbocycles. The van der Waals surface area contributed by atoms with Gasteiger partial charge in [-0.2, -0.15) is 0 Å². The monoisotopic (exact) mass is 269 g/mol. The average molecular weight is 269 g/mol. The van der Waals surface area contributed by atoms with Crippen LogP contribution in [-0.4, -0.2) is 66.8 Å². The van der Waals surface area contributed by atoms with Gasteiger partial charge < -0.3 is 19.9 Å². The molecule has 2 aliphatic rings. The van der Waals surface area contributed by atoms with Crippen molar-refractivity contribution in [2.24, 2.45) is 0 Å². The van der Waals surface area contributed by atoms with E-state index in [1.54, 1.807) is 4.90 Å². The van der Waals surface area contributed by atoms with Crippen LogP contribution < -0.4 is 5.32 Å². The molecular formula is C14H27N3O2. The molecule has 1 N–H and O–H groups in total. The molecule has 110 valence electrons. The van der Waals surface area contributed by atoms with Crippen molar-refractivity contribution in [1.82, 2.24) is 15.1 Å². The highest BCUT2D eigenvalue weighted by Crippen LogP contribution is 2.17. The first-order valence-electron chi connectivity index (χ1n) is 7.27. The Balaban J connectivity index is 1.62. The number of nitrogens with one attached hydrogen (secondary N) is 1. The van der Waals surface area contributed by atoms with Gasteiger partial charge in [0.25, 0.3) is 0 Å². The summed E-state index contributed by atoms with van der Waals surface area (Å²) in [5.41, 5.74) is -0.401. The molecule has 19 heavy (non-hydrogen) atoms. The van der Waals surface area contributed by atoms with Crippen LogP contribution in [0, 0.1) is 0 Å². The van der Waals surface area contributed by atoms with Crippen LogP contribution in [0.1, 0.15) is 33.6 Å². The van der Waals surface area contributed by atoms with Crippen LogP contribution in [0.5, 0.6) is 0 Å². The molecule has 1 atom stereocenters. The molecule has 0 radical (unpaired) electrons. The third-order valence-electron chi connectivity index (χ3n) is 3.85. The largest absolute Gasteiger partial charge is 0.444 e. The fourth-order valence-corrected chi connectivity index (χ4v) is 2.62. The molecule has 0 aromatic heterocycles. The molecule has 2 heterocycles. The fraction of sp³-hybridized carbons (Fsp3) is 0.929. The lowest BCUT2D eigenvalue weighted by Gasteiger charge is -2.40. The number of likely N-dealkylation sites (N-methyl/N-ethyl adjacent to an activating group) is 1. The summed E-state index contributed by atoms with van der Waals surface area (Å²) in [5.74, 6) is 0. The molecule has 2 fully saturated rings. The zero-order chi connectivity index (χ0) is 14.0. The highest BCUT2D eigenvalue weighted by atomic mass is 16.6. The van der Waals surface area contributed by atoms with Gasteiger partial charge >= 0.3 is 6.09 Å². The van der Waals surface area contributed by atoms with Gasteiger partial charge in [-0.25, -0.2) is 4.79 Å². The minimum Gasteiger partial charge on any atom is -0.444 e.